The maximum atomic E-state index is 6.00. The van der Waals surface area contributed by atoms with Crippen LogP contribution in [-0.4, -0.2) is 31.0 Å². The van der Waals surface area contributed by atoms with Gasteiger partial charge in [-0.25, -0.2) is 0 Å². The summed E-state index contributed by atoms with van der Waals surface area (Å²) in [6, 6.07) is 0. The first kappa shape index (κ1) is 9.44. The van der Waals surface area contributed by atoms with Gasteiger partial charge in [0.05, 0.1) is 17.8 Å². The topological polar surface area (TPSA) is 44.5 Å². The van der Waals surface area contributed by atoms with E-state index >= 15 is 0 Å². The molecule has 1 spiro atoms. The molecule has 0 aliphatic carbocycles. The fourth-order valence-corrected chi connectivity index (χ4v) is 2.53. The van der Waals surface area contributed by atoms with Crippen molar-refractivity contribution < 1.29 is 9.47 Å². The molecule has 3 nitrogen and oxygen atoms in total. The van der Waals surface area contributed by atoms with Crippen molar-refractivity contribution in [2.45, 2.75) is 50.4 Å². The van der Waals surface area contributed by atoms with E-state index in [2.05, 4.69) is 6.92 Å². The van der Waals surface area contributed by atoms with Crippen molar-refractivity contribution in [3.8, 4) is 0 Å². The smallest absolute Gasteiger partial charge is 0.0734 e. The van der Waals surface area contributed by atoms with Gasteiger partial charge in [-0.1, -0.05) is 0 Å². The molecule has 3 heteroatoms. The quantitative estimate of drug-likeness (QED) is 0.664. The lowest BCUT2D eigenvalue weighted by atomic mass is 9.88. The second-order valence-electron chi connectivity index (χ2n) is 4.33. The highest BCUT2D eigenvalue weighted by Gasteiger charge is 2.42. The Balaban J connectivity index is 1.97. The molecule has 0 aromatic heterocycles. The summed E-state index contributed by atoms with van der Waals surface area (Å²) in [5, 5.41) is 0. The zero-order valence-electron chi connectivity index (χ0n) is 8.29. The van der Waals surface area contributed by atoms with E-state index < -0.39 is 0 Å². The predicted molar refractivity (Wildman–Crippen MR) is 50.5 cm³/mol. The van der Waals surface area contributed by atoms with Crippen LogP contribution < -0.4 is 5.73 Å². The van der Waals surface area contributed by atoms with E-state index in [-0.39, 0.29) is 5.60 Å². The molecule has 0 bridgehead atoms. The molecule has 0 aromatic carbocycles. The SMILES string of the molecule is C[C@@H]1C[C@@]2(CCO1)CC[C@@H](CN)O2. The lowest BCUT2D eigenvalue weighted by Crippen LogP contribution is -2.40. The van der Waals surface area contributed by atoms with E-state index in [0.717, 1.165) is 25.9 Å². The standard InChI is InChI=1S/C10H19NO2/c1-8-6-10(4-5-12-8)3-2-9(7-11)13-10/h8-9H,2-7,11H2,1H3/t8-,9+,10+/m1/s1. The van der Waals surface area contributed by atoms with Crippen molar-refractivity contribution in [2.75, 3.05) is 13.2 Å². The lowest BCUT2D eigenvalue weighted by molar-refractivity contribution is -0.125. The number of rotatable bonds is 1. The molecule has 2 fully saturated rings. The largest absolute Gasteiger partial charge is 0.378 e. The normalized spacial score (nSPS) is 45.7. The molecule has 2 aliphatic heterocycles. The molecule has 0 aromatic rings. The number of ether oxygens (including phenoxy) is 2. The highest BCUT2D eigenvalue weighted by molar-refractivity contribution is 4.92. The zero-order valence-corrected chi connectivity index (χ0v) is 8.29. The first-order chi connectivity index (χ1) is 6.24. The van der Waals surface area contributed by atoms with Gasteiger partial charge in [0.25, 0.3) is 0 Å². The monoisotopic (exact) mass is 185 g/mol. The van der Waals surface area contributed by atoms with Crippen LogP contribution in [0.1, 0.15) is 32.6 Å². The highest BCUT2D eigenvalue weighted by atomic mass is 16.5. The Labute approximate surface area is 79.6 Å². The summed E-state index contributed by atoms with van der Waals surface area (Å²) in [6.45, 7) is 3.63. The van der Waals surface area contributed by atoms with Gasteiger partial charge < -0.3 is 15.2 Å². The second-order valence-corrected chi connectivity index (χ2v) is 4.33. The van der Waals surface area contributed by atoms with E-state index in [4.69, 9.17) is 15.2 Å². The van der Waals surface area contributed by atoms with Crippen molar-refractivity contribution in [3.63, 3.8) is 0 Å². The van der Waals surface area contributed by atoms with E-state index in [0.29, 0.717) is 18.8 Å². The summed E-state index contributed by atoms with van der Waals surface area (Å²) in [5.41, 5.74) is 5.71. The zero-order chi connectivity index (χ0) is 9.31. The molecule has 0 radical (unpaired) electrons. The fraction of sp³-hybridized carbons (Fsp3) is 1.00. The Kier molecular flexibility index (Phi) is 2.58. The molecule has 3 atom stereocenters. The summed E-state index contributed by atoms with van der Waals surface area (Å²) in [4.78, 5) is 0. The molecule has 0 unspecified atom stereocenters. The summed E-state index contributed by atoms with van der Waals surface area (Å²) < 4.78 is 11.5. The van der Waals surface area contributed by atoms with Crippen LogP contribution in [0.5, 0.6) is 0 Å². The first-order valence-corrected chi connectivity index (χ1v) is 5.24. The molecule has 2 N–H and O–H groups in total. The van der Waals surface area contributed by atoms with Gasteiger partial charge in [-0.3, -0.25) is 0 Å². The van der Waals surface area contributed by atoms with Gasteiger partial charge in [0, 0.05) is 19.6 Å². The minimum atomic E-state index is 0.113. The Morgan fingerprint density at radius 3 is 2.92 bits per heavy atom. The van der Waals surface area contributed by atoms with Gasteiger partial charge in [-0.2, -0.15) is 0 Å². The molecule has 13 heavy (non-hydrogen) atoms. The number of nitrogens with two attached hydrogens (primary N) is 1. The van der Waals surface area contributed by atoms with Crippen LogP contribution in [0.2, 0.25) is 0 Å². The van der Waals surface area contributed by atoms with Gasteiger partial charge in [0.1, 0.15) is 0 Å². The number of hydrogen-bond acceptors (Lipinski definition) is 3. The van der Waals surface area contributed by atoms with Crippen LogP contribution in [0.15, 0.2) is 0 Å². The van der Waals surface area contributed by atoms with Crippen molar-refractivity contribution in [1.82, 2.24) is 0 Å². The minimum Gasteiger partial charge on any atom is -0.378 e. The van der Waals surface area contributed by atoms with Crippen LogP contribution in [0, 0.1) is 0 Å². The van der Waals surface area contributed by atoms with Crippen LogP contribution >= 0.6 is 0 Å². The van der Waals surface area contributed by atoms with Gasteiger partial charge in [-0.05, 0) is 26.2 Å². The summed E-state index contributed by atoms with van der Waals surface area (Å²) in [5.74, 6) is 0. The third-order valence-electron chi connectivity index (χ3n) is 3.22. The average molecular weight is 185 g/mol. The molecule has 0 amide bonds. The molecule has 2 saturated heterocycles. The molecule has 2 rings (SSSR count). The summed E-state index contributed by atoms with van der Waals surface area (Å²) in [7, 11) is 0. The van der Waals surface area contributed by atoms with Gasteiger partial charge in [0.2, 0.25) is 0 Å². The Morgan fingerprint density at radius 2 is 2.31 bits per heavy atom. The van der Waals surface area contributed by atoms with Crippen LogP contribution in [-0.2, 0) is 9.47 Å². The third-order valence-corrected chi connectivity index (χ3v) is 3.22. The van der Waals surface area contributed by atoms with Gasteiger partial charge >= 0.3 is 0 Å². The molecule has 2 aliphatic rings. The third kappa shape index (κ3) is 1.87. The van der Waals surface area contributed by atoms with E-state index in [1.807, 2.05) is 0 Å². The van der Waals surface area contributed by atoms with Crippen molar-refractivity contribution in [1.29, 1.82) is 0 Å². The maximum Gasteiger partial charge on any atom is 0.0734 e. The Hall–Kier alpha value is -0.120. The average Bonchev–Trinajstić information content (AvgIpc) is 2.48. The Bertz CT molecular complexity index is 186. The Morgan fingerprint density at radius 1 is 1.46 bits per heavy atom. The lowest BCUT2D eigenvalue weighted by Gasteiger charge is -2.36. The van der Waals surface area contributed by atoms with E-state index in [1.54, 1.807) is 0 Å². The van der Waals surface area contributed by atoms with Crippen molar-refractivity contribution in [3.05, 3.63) is 0 Å². The predicted octanol–water partition coefficient (Wildman–Crippen LogP) is 1.06. The molecular formula is C10H19NO2. The molecule has 76 valence electrons. The maximum absolute atomic E-state index is 6.00. The van der Waals surface area contributed by atoms with Crippen molar-refractivity contribution >= 4 is 0 Å². The minimum absolute atomic E-state index is 0.113. The molecule has 0 saturated carbocycles. The molecular weight excluding hydrogens is 166 g/mol. The first-order valence-electron chi connectivity index (χ1n) is 5.24. The second kappa shape index (κ2) is 3.56. The van der Waals surface area contributed by atoms with E-state index in [1.165, 1.54) is 6.42 Å². The van der Waals surface area contributed by atoms with Crippen molar-refractivity contribution in [2.24, 2.45) is 5.73 Å². The summed E-state index contributed by atoms with van der Waals surface area (Å²) in [6.07, 6.45) is 5.04. The fourth-order valence-electron chi connectivity index (χ4n) is 2.53. The van der Waals surface area contributed by atoms with Crippen LogP contribution in [0.3, 0.4) is 0 Å². The molecule has 2 heterocycles. The summed E-state index contributed by atoms with van der Waals surface area (Å²) >= 11 is 0. The van der Waals surface area contributed by atoms with Crippen LogP contribution in [0.4, 0.5) is 0 Å². The van der Waals surface area contributed by atoms with E-state index in [9.17, 15) is 0 Å². The highest BCUT2D eigenvalue weighted by Crippen LogP contribution is 2.39. The number of hydrogen-bond donors (Lipinski definition) is 1. The van der Waals surface area contributed by atoms with Gasteiger partial charge in [0.15, 0.2) is 0 Å². The van der Waals surface area contributed by atoms with Gasteiger partial charge in [-0.15, -0.1) is 0 Å². The van der Waals surface area contributed by atoms with Crippen LogP contribution in [0.25, 0.3) is 0 Å².